The third-order valence-corrected chi connectivity index (χ3v) is 2.72. The Balaban J connectivity index is 3.08. The zero-order valence-corrected chi connectivity index (χ0v) is 9.51. The average Bonchev–Trinajstić information content (AvgIpc) is 2.26. The summed E-state index contributed by atoms with van der Waals surface area (Å²) in [5.41, 5.74) is 1.89. The Kier molecular flexibility index (Phi) is 3.89. The van der Waals surface area contributed by atoms with Crippen LogP contribution in [0, 0.1) is 11.7 Å². The maximum atomic E-state index is 13.0. The van der Waals surface area contributed by atoms with Gasteiger partial charge in [0.05, 0.1) is 7.11 Å². The van der Waals surface area contributed by atoms with Crippen LogP contribution >= 0.6 is 0 Å². The molecule has 0 aliphatic heterocycles. The van der Waals surface area contributed by atoms with E-state index in [1.807, 2.05) is 0 Å². The number of hydrogen-bond acceptors (Lipinski definition) is 1. The number of benzene rings is 1. The van der Waals surface area contributed by atoms with Crippen LogP contribution in [0.1, 0.15) is 25.8 Å². The summed E-state index contributed by atoms with van der Waals surface area (Å²) in [6.07, 6.45) is 1.01. The lowest BCUT2D eigenvalue weighted by molar-refractivity contribution is 0.409. The van der Waals surface area contributed by atoms with E-state index >= 15 is 0 Å². The lowest BCUT2D eigenvalue weighted by atomic mass is 9.93. The van der Waals surface area contributed by atoms with Gasteiger partial charge in [0.1, 0.15) is 11.6 Å². The first-order valence-electron chi connectivity index (χ1n) is 5.12. The van der Waals surface area contributed by atoms with Crippen molar-refractivity contribution in [2.24, 2.45) is 5.92 Å². The number of allylic oxidation sites excluding steroid dienone is 1. The highest BCUT2D eigenvalue weighted by Gasteiger charge is 2.12. The van der Waals surface area contributed by atoms with Crippen LogP contribution in [0.3, 0.4) is 0 Å². The number of halogens is 1. The molecule has 1 aromatic carbocycles. The summed E-state index contributed by atoms with van der Waals surface area (Å²) < 4.78 is 18.1. The standard InChI is InChI=1S/C13H17FO/c1-5-9(2)10(3)12-7-6-11(14)8-13(12)15-4/h6-9H,3,5H2,1-2,4H3. The molecule has 0 N–H and O–H groups in total. The van der Waals surface area contributed by atoms with E-state index in [1.54, 1.807) is 13.2 Å². The summed E-state index contributed by atoms with van der Waals surface area (Å²) in [5.74, 6) is 0.650. The fourth-order valence-electron chi connectivity index (χ4n) is 1.44. The summed E-state index contributed by atoms with van der Waals surface area (Å²) in [6, 6.07) is 4.55. The minimum atomic E-state index is -0.285. The van der Waals surface area contributed by atoms with Crippen LogP contribution in [-0.4, -0.2) is 7.11 Å². The quantitative estimate of drug-likeness (QED) is 0.729. The van der Waals surface area contributed by atoms with Crippen LogP contribution in [0.5, 0.6) is 5.75 Å². The Bertz CT molecular complexity index is 358. The Hall–Kier alpha value is -1.31. The molecule has 15 heavy (non-hydrogen) atoms. The van der Waals surface area contributed by atoms with Crippen molar-refractivity contribution in [3.63, 3.8) is 0 Å². The summed E-state index contributed by atoms with van der Waals surface area (Å²) >= 11 is 0. The number of ether oxygens (including phenoxy) is 1. The van der Waals surface area contributed by atoms with Gasteiger partial charge < -0.3 is 4.74 Å². The van der Waals surface area contributed by atoms with Crippen molar-refractivity contribution < 1.29 is 9.13 Å². The topological polar surface area (TPSA) is 9.23 Å². The third kappa shape index (κ3) is 2.58. The van der Waals surface area contributed by atoms with Crippen molar-refractivity contribution >= 4 is 5.57 Å². The molecule has 0 amide bonds. The first-order chi connectivity index (χ1) is 7.10. The van der Waals surface area contributed by atoms with Crippen molar-refractivity contribution in [1.82, 2.24) is 0 Å². The highest BCUT2D eigenvalue weighted by atomic mass is 19.1. The maximum Gasteiger partial charge on any atom is 0.129 e. The molecule has 0 saturated heterocycles. The summed E-state index contributed by atoms with van der Waals surface area (Å²) in [5, 5.41) is 0. The van der Waals surface area contributed by atoms with E-state index in [0.29, 0.717) is 11.7 Å². The van der Waals surface area contributed by atoms with Gasteiger partial charge in [0.2, 0.25) is 0 Å². The first-order valence-corrected chi connectivity index (χ1v) is 5.12. The predicted molar refractivity (Wildman–Crippen MR) is 61.4 cm³/mol. The van der Waals surface area contributed by atoms with Gasteiger partial charge in [-0.15, -0.1) is 0 Å². The van der Waals surface area contributed by atoms with Gasteiger partial charge in [-0.3, -0.25) is 0 Å². The highest BCUT2D eigenvalue weighted by Crippen LogP contribution is 2.31. The van der Waals surface area contributed by atoms with Crippen molar-refractivity contribution in [1.29, 1.82) is 0 Å². The van der Waals surface area contributed by atoms with Crippen molar-refractivity contribution in [2.75, 3.05) is 7.11 Å². The van der Waals surface area contributed by atoms with Crippen LogP contribution in [0.4, 0.5) is 4.39 Å². The second kappa shape index (κ2) is 4.96. The molecular formula is C13H17FO. The van der Waals surface area contributed by atoms with Gasteiger partial charge in [0, 0.05) is 11.6 Å². The molecule has 1 atom stereocenters. The Labute approximate surface area is 90.6 Å². The van der Waals surface area contributed by atoms with Gasteiger partial charge in [0.25, 0.3) is 0 Å². The van der Waals surface area contributed by atoms with E-state index in [1.165, 1.54) is 12.1 Å². The zero-order valence-electron chi connectivity index (χ0n) is 9.51. The first kappa shape index (κ1) is 11.8. The van der Waals surface area contributed by atoms with E-state index in [9.17, 15) is 4.39 Å². The molecule has 1 nitrogen and oxygen atoms in total. The molecule has 0 saturated carbocycles. The van der Waals surface area contributed by atoms with Gasteiger partial charge in [-0.25, -0.2) is 4.39 Å². The van der Waals surface area contributed by atoms with Crippen molar-refractivity contribution in [2.45, 2.75) is 20.3 Å². The van der Waals surface area contributed by atoms with E-state index in [2.05, 4.69) is 20.4 Å². The Morgan fingerprint density at radius 1 is 1.53 bits per heavy atom. The molecule has 2 heteroatoms. The lowest BCUT2D eigenvalue weighted by Crippen LogP contribution is -1.99. The molecular weight excluding hydrogens is 191 g/mol. The molecule has 0 radical (unpaired) electrons. The smallest absolute Gasteiger partial charge is 0.129 e. The van der Waals surface area contributed by atoms with Gasteiger partial charge in [-0.05, 0) is 30.0 Å². The number of hydrogen-bond donors (Lipinski definition) is 0. The van der Waals surface area contributed by atoms with Crippen LogP contribution in [0.2, 0.25) is 0 Å². The van der Waals surface area contributed by atoms with Gasteiger partial charge in [-0.1, -0.05) is 20.4 Å². The molecule has 0 heterocycles. The fourth-order valence-corrected chi connectivity index (χ4v) is 1.44. The molecule has 0 aromatic heterocycles. The number of rotatable bonds is 4. The normalized spacial score (nSPS) is 12.3. The minimum absolute atomic E-state index is 0.285. The third-order valence-electron chi connectivity index (χ3n) is 2.72. The van der Waals surface area contributed by atoms with Gasteiger partial charge >= 0.3 is 0 Å². The lowest BCUT2D eigenvalue weighted by Gasteiger charge is -2.15. The maximum absolute atomic E-state index is 13.0. The second-order valence-corrected chi connectivity index (χ2v) is 3.68. The summed E-state index contributed by atoms with van der Waals surface area (Å²) in [7, 11) is 1.54. The largest absolute Gasteiger partial charge is 0.496 e. The van der Waals surface area contributed by atoms with Gasteiger partial charge in [-0.2, -0.15) is 0 Å². The number of methoxy groups -OCH3 is 1. The summed E-state index contributed by atoms with van der Waals surface area (Å²) in [6.45, 7) is 8.24. The average molecular weight is 208 g/mol. The SMILES string of the molecule is C=C(c1ccc(F)cc1OC)C(C)CC. The van der Waals surface area contributed by atoms with Crippen LogP contribution < -0.4 is 4.74 Å². The molecule has 1 rings (SSSR count). The predicted octanol–water partition coefficient (Wildman–Crippen LogP) is 3.89. The Morgan fingerprint density at radius 2 is 2.20 bits per heavy atom. The molecule has 0 aliphatic carbocycles. The minimum Gasteiger partial charge on any atom is -0.496 e. The van der Waals surface area contributed by atoms with E-state index in [4.69, 9.17) is 4.74 Å². The molecule has 0 aliphatic rings. The second-order valence-electron chi connectivity index (χ2n) is 3.68. The summed E-state index contributed by atoms with van der Waals surface area (Å²) in [4.78, 5) is 0. The van der Waals surface area contributed by atoms with E-state index in [-0.39, 0.29) is 5.82 Å². The van der Waals surface area contributed by atoms with E-state index in [0.717, 1.165) is 17.6 Å². The molecule has 0 spiro atoms. The molecule has 82 valence electrons. The van der Waals surface area contributed by atoms with Gasteiger partial charge in [0.15, 0.2) is 0 Å². The van der Waals surface area contributed by atoms with Crippen molar-refractivity contribution in [3.8, 4) is 5.75 Å². The van der Waals surface area contributed by atoms with Crippen molar-refractivity contribution in [3.05, 3.63) is 36.2 Å². The van der Waals surface area contributed by atoms with Crippen LogP contribution in [0.15, 0.2) is 24.8 Å². The molecule has 1 unspecified atom stereocenters. The van der Waals surface area contributed by atoms with Crippen LogP contribution in [-0.2, 0) is 0 Å². The van der Waals surface area contributed by atoms with Crippen LogP contribution in [0.25, 0.3) is 5.57 Å². The fraction of sp³-hybridized carbons (Fsp3) is 0.385. The highest BCUT2D eigenvalue weighted by molar-refractivity contribution is 5.70. The Morgan fingerprint density at radius 3 is 2.73 bits per heavy atom. The monoisotopic (exact) mass is 208 g/mol. The molecule has 1 aromatic rings. The van der Waals surface area contributed by atoms with E-state index < -0.39 is 0 Å². The zero-order chi connectivity index (χ0) is 11.4. The molecule has 0 fully saturated rings. The molecule has 0 bridgehead atoms.